The van der Waals surface area contributed by atoms with Gasteiger partial charge in [-0.25, -0.2) is 0 Å². The zero-order valence-electron chi connectivity index (χ0n) is 9.05. The molecule has 17 heavy (non-hydrogen) atoms. The minimum atomic E-state index is -0.0849. The monoisotopic (exact) mass is 379 g/mol. The fourth-order valence-electron chi connectivity index (χ4n) is 1.60. The molecule has 0 heterocycles. The van der Waals surface area contributed by atoms with Gasteiger partial charge in [0.2, 0.25) is 0 Å². The Balaban J connectivity index is 1.94. The summed E-state index contributed by atoms with van der Waals surface area (Å²) >= 11 is 12.9. The molecule has 1 N–H and O–H groups in total. The van der Waals surface area contributed by atoms with Crippen molar-refractivity contribution < 1.29 is 4.79 Å². The molecule has 1 aliphatic carbocycles. The van der Waals surface area contributed by atoms with Crippen molar-refractivity contribution in [3.05, 3.63) is 32.7 Å². The Bertz CT molecular complexity index is 414. The first kappa shape index (κ1) is 13.4. The standard InChI is InChI=1S/C12H12Br2ClNO/c13-9-3-8(4-10(14)5-9)12(17)16-6-11(15)7-1-2-7/h3-5,7,11H,1-2,6H2,(H,16,17). The van der Waals surface area contributed by atoms with E-state index in [1.54, 1.807) is 12.1 Å². The van der Waals surface area contributed by atoms with Gasteiger partial charge in [0.15, 0.2) is 0 Å². The Kier molecular flexibility index (Phi) is 4.50. The van der Waals surface area contributed by atoms with Crippen LogP contribution in [0, 0.1) is 5.92 Å². The Morgan fingerprint density at radius 2 is 1.94 bits per heavy atom. The quantitative estimate of drug-likeness (QED) is 0.786. The molecule has 1 aliphatic rings. The summed E-state index contributed by atoms with van der Waals surface area (Å²) in [6.07, 6.45) is 2.37. The van der Waals surface area contributed by atoms with E-state index in [-0.39, 0.29) is 11.3 Å². The first-order valence-electron chi connectivity index (χ1n) is 5.44. The van der Waals surface area contributed by atoms with Gasteiger partial charge in [-0.15, -0.1) is 11.6 Å². The average Bonchev–Trinajstić information content (AvgIpc) is 3.07. The van der Waals surface area contributed by atoms with Crippen molar-refractivity contribution >= 4 is 49.4 Å². The van der Waals surface area contributed by atoms with E-state index in [1.807, 2.05) is 6.07 Å². The topological polar surface area (TPSA) is 29.1 Å². The number of hydrogen-bond donors (Lipinski definition) is 1. The summed E-state index contributed by atoms with van der Waals surface area (Å²) in [5.41, 5.74) is 0.630. The molecular formula is C12H12Br2ClNO. The number of hydrogen-bond acceptors (Lipinski definition) is 1. The highest BCUT2D eigenvalue weighted by Crippen LogP contribution is 2.35. The van der Waals surface area contributed by atoms with Gasteiger partial charge in [-0.05, 0) is 37.0 Å². The molecule has 1 unspecified atom stereocenters. The van der Waals surface area contributed by atoms with Crippen molar-refractivity contribution in [2.24, 2.45) is 5.92 Å². The first-order chi connectivity index (χ1) is 8.06. The van der Waals surface area contributed by atoms with Gasteiger partial charge >= 0.3 is 0 Å². The van der Waals surface area contributed by atoms with Crippen LogP contribution in [0.25, 0.3) is 0 Å². The molecule has 1 aromatic carbocycles. The van der Waals surface area contributed by atoms with Crippen LogP contribution in [-0.4, -0.2) is 17.8 Å². The number of halogens is 3. The maximum atomic E-state index is 11.9. The Morgan fingerprint density at radius 3 is 2.47 bits per heavy atom. The van der Waals surface area contributed by atoms with Crippen LogP contribution in [0.3, 0.4) is 0 Å². The van der Waals surface area contributed by atoms with Crippen LogP contribution in [0.1, 0.15) is 23.2 Å². The summed E-state index contributed by atoms with van der Waals surface area (Å²) in [7, 11) is 0. The molecule has 0 saturated heterocycles. The summed E-state index contributed by atoms with van der Waals surface area (Å²) < 4.78 is 1.75. The molecule has 0 aliphatic heterocycles. The smallest absolute Gasteiger partial charge is 0.251 e. The maximum absolute atomic E-state index is 11.9. The van der Waals surface area contributed by atoms with E-state index in [9.17, 15) is 4.79 Å². The van der Waals surface area contributed by atoms with Crippen molar-refractivity contribution in [3.8, 4) is 0 Å². The Hall–Kier alpha value is -0.0600. The molecule has 1 aromatic rings. The molecule has 1 atom stereocenters. The lowest BCUT2D eigenvalue weighted by molar-refractivity contribution is 0.0953. The molecule has 5 heteroatoms. The average molecular weight is 381 g/mol. The van der Waals surface area contributed by atoms with Gasteiger partial charge in [0, 0.05) is 21.1 Å². The molecule has 92 valence electrons. The molecular weight excluding hydrogens is 369 g/mol. The summed E-state index contributed by atoms with van der Waals surface area (Å²) in [6.45, 7) is 0.537. The molecule has 2 rings (SSSR count). The second-order valence-electron chi connectivity index (χ2n) is 4.22. The zero-order chi connectivity index (χ0) is 12.4. The Labute approximate surface area is 122 Å². The van der Waals surface area contributed by atoms with Gasteiger partial charge in [-0.3, -0.25) is 4.79 Å². The number of carbonyl (C=O) groups is 1. The van der Waals surface area contributed by atoms with Crippen molar-refractivity contribution in [2.45, 2.75) is 18.2 Å². The SMILES string of the molecule is O=C(NCC(Cl)C1CC1)c1cc(Br)cc(Br)c1. The summed E-state index contributed by atoms with van der Waals surface area (Å²) in [5.74, 6) is 0.504. The second kappa shape index (κ2) is 5.72. The normalized spacial score (nSPS) is 16.6. The molecule has 1 saturated carbocycles. The van der Waals surface area contributed by atoms with Crippen LogP contribution in [0.4, 0.5) is 0 Å². The third-order valence-corrected chi connectivity index (χ3v) is 4.14. The third kappa shape index (κ3) is 3.97. The van der Waals surface area contributed by atoms with Crippen molar-refractivity contribution in [3.63, 3.8) is 0 Å². The number of nitrogens with one attached hydrogen (secondary N) is 1. The molecule has 2 nitrogen and oxygen atoms in total. The lowest BCUT2D eigenvalue weighted by Crippen LogP contribution is -2.30. The number of carbonyl (C=O) groups excluding carboxylic acids is 1. The van der Waals surface area contributed by atoms with Gasteiger partial charge in [-0.2, -0.15) is 0 Å². The largest absolute Gasteiger partial charge is 0.351 e. The minimum absolute atomic E-state index is 0.0644. The van der Waals surface area contributed by atoms with E-state index in [0.29, 0.717) is 18.0 Å². The highest BCUT2D eigenvalue weighted by atomic mass is 79.9. The van der Waals surface area contributed by atoms with Gasteiger partial charge < -0.3 is 5.32 Å². The van der Waals surface area contributed by atoms with E-state index in [1.165, 1.54) is 12.8 Å². The van der Waals surface area contributed by atoms with Crippen LogP contribution in [0.5, 0.6) is 0 Å². The molecule has 0 bridgehead atoms. The van der Waals surface area contributed by atoms with E-state index >= 15 is 0 Å². The number of rotatable bonds is 4. The van der Waals surface area contributed by atoms with Crippen LogP contribution in [0.2, 0.25) is 0 Å². The predicted octanol–water partition coefficient (Wildman–Crippen LogP) is 3.96. The van der Waals surface area contributed by atoms with Gasteiger partial charge in [0.1, 0.15) is 0 Å². The zero-order valence-corrected chi connectivity index (χ0v) is 13.0. The van der Waals surface area contributed by atoms with Crippen LogP contribution >= 0.6 is 43.5 Å². The molecule has 1 amide bonds. The first-order valence-corrected chi connectivity index (χ1v) is 7.47. The van der Waals surface area contributed by atoms with E-state index in [0.717, 1.165) is 8.95 Å². The fraction of sp³-hybridized carbons (Fsp3) is 0.417. The van der Waals surface area contributed by atoms with Crippen LogP contribution in [-0.2, 0) is 0 Å². The summed E-state index contributed by atoms with van der Waals surface area (Å²) in [5, 5.41) is 2.93. The van der Waals surface area contributed by atoms with E-state index in [2.05, 4.69) is 37.2 Å². The second-order valence-corrected chi connectivity index (χ2v) is 6.61. The fourth-order valence-corrected chi connectivity index (χ4v) is 3.22. The molecule has 0 aromatic heterocycles. The van der Waals surface area contributed by atoms with Crippen molar-refractivity contribution in [2.75, 3.05) is 6.54 Å². The lowest BCUT2D eigenvalue weighted by Gasteiger charge is -2.10. The highest BCUT2D eigenvalue weighted by Gasteiger charge is 2.29. The van der Waals surface area contributed by atoms with Gasteiger partial charge in [0.05, 0.1) is 5.38 Å². The maximum Gasteiger partial charge on any atom is 0.251 e. The lowest BCUT2D eigenvalue weighted by atomic mass is 10.2. The van der Waals surface area contributed by atoms with Gasteiger partial charge in [-0.1, -0.05) is 31.9 Å². The highest BCUT2D eigenvalue weighted by molar-refractivity contribution is 9.11. The Morgan fingerprint density at radius 1 is 1.35 bits per heavy atom. The van der Waals surface area contributed by atoms with E-state index < -0.39 is 0 Å². The summed E-state index contributed by atoms with van der Waals surface area (Å²) in [4.78, 5) is 11.9. The molecule has 0 spiro atoms. The third-order valence-electron chi connectivity index (χ3n) is 2.72. The number of alkyl halides is 1. The molecule has 1 fully saturated rings. The minimum Gasteiger partial charge on any atom is -0.351 e. The number of amides is 1. The van der Waals surface area contributed by atoms with Crippen molar-refractivity contribution in [1.29, 1.82) is 0 Å². The number of benzene rings is 1. The molecule has 0 radical (unpaired) electrons. The predicted molar refractivity (Wildman–Crippen MR) is 76.5 cm³/mol. The van der Waals surface area contributed by atoms with Crippen molar-refractivity contribution in [1.82, 2.24) is 5.32 Å². The van der Waals surface area contributed by atoms with Gasteiger partial charge in [0.25, 0.3) is 5.91 Å². The van der Waals surface area contributed by atoms with Crippen LogP contribution < -0.4 is 5.32 Å². The summed E-state index contributed by atoms with van der Waals surface area (Å²) in [6, 6.07) is 5.48. The van der Waals surface area contributed by atoms with Crippen LogP contribution in [0.15, 0.2) is 27.1 Å². The van der Waals surface area contributed by atoms with E-state index in [4.69, 9.17) is 11.6 Å².